The minimum absolute atomic E-state index is 0.0875. The molecule has 4 nitrogen and oxygen atoms in total. The number of fused-ring (bicyclic) bond motifs is 2. The number of hydrogen-bond acceptors (Lipinski definition) is 2. The van der Waals surface area contributed by atoms with Crippen molar-refractivity contribution in [3.63, 3.8) is 0 Å². The highest BCUT2D eigenvalue weighted by molar-refractivity contribution is 6.06. The van der Waals surface area contributed by atoms with Gasteiger partial charge in [0.2, 0.25) is 0 Å². The Labute approximate surface area is 165 Å². The zero-order valence-corrected chi connectivity index (χ0v) is 16.0. The number of nitrogens with zero attached hydrogens (tertiary/aromatic N) is 1. The predicted molar refractivity (Wildman–Crippen MR) is 110 cm³/mol. The number of rotatable bonds is 2. The Morgan fingerprint density at radius 1 is 1.04 bits per heavy atom. The third-order valence-corrected chi connectivity index (χ3v) is 6.83. The largest absolute Gasteiger partial charge is 0.385 e. The second-order valence-electron chi connectivity index (χ2n) is 8.25. The molecule has 2 aliphatic rings. The van der Waals surface area contributed by atoms with Gasteiger partial charge in [0.15, 0.2) is 0 Å². The molecule has 2 heterocycles. The van der Waals surface area contributed by atoms with Gasteiger partial charge in [0.25, 0.3) is 5.91 Å². The Balaban J connectivity index is 1.50. The summed E-state index contributed by atoms with van der Waals surface area (Å²) in [5.41, 5.74) is 1.88. The lowest BCUT2D eigenvalue weighted by Crippen LogP contribution is -2.58. The smallest absolute Gasteiger partial charge is 0.256 e. The van der Waals surface area contributed by atoms with Crippen molar-refractivity contribution in [2.45, 2.75) is 43.7 Å². The van der Waals surface area contributed by atoms with E-state index in [1.807, 2.05) is 65.7 Å². The SMILES string of the molecule is O=C(c1c[nH]c2ccccc12)N1CCC(O)(c2ccccc2)[C@H]2CCCC[C@H]21. The lowest BCUT2D eigenvalue weighted by Gasteiger charge is -2.52. The minimum Gasteiger partial charge on any atom is -0.385 e. The van der Waals surface area contributed by atoms with Gasteiger partial charge in [-0.15, -0.1) is 0 Å². The second-order valence-corrected chi connectivity index (χ2v) is 8.25. The van der Waals surface area contributed by atoms with Crippen molar-refractivity contribution < 1.29 is 9.90 Å². The monoisotopic (exact) mass is 374 g/mol. The molecule has 144 valence electrons. The Kier molecular flexibility index (Phi) is 4.24. The zero-order valence-electron chi connectivity index (χ0n) is 16.0. The first-order chi connectivity index (χ1) is 13.7. The molecular weight excluding hydrogens is 348 g/mol. The van der Waals surface area contributed by atoms with E-state index in [1.165, 1.54) is 0 Å². The number of amides is 1. The molecule has 5 rings (SSSR count). The Morgan fingerprint density at radius 3 is 2.64 bits per heavy atom. The topological polar surface area (TPSA) is 56.3 Å². The van der Waals surface area contributed by atoms with Crippen LogP contribution in [0.5, 0.6) is 0 Å². The molecule has 1 saturated heterocycles. The quantitative estimate of drug-likeness (QED) is 0.696. The van der Waals surface area contributed by atoms with Gasteiger partial charge in [-0.1, -0.05) is 61.4 Å². The van der Waals surface area contributed by atoms with E-state index in [0.717, 1.165) is 47.7 Å². The van der Waals surface area contributed by atoms with E-state index < -0.39 is 5.60 Å². The highest BCUT2D eigenvalue weighted by atomic mass is 16.3. The number of likely N-dealkylation sites (tertiary alicyclic amines) is 1. The summed E-state index contributed by atoms with van der Waals surface area (Å²) < 4.78 is 0. The zero-order chi connectivity index (χ0) is 19.1. The van der Waals surface area contributed by atoms with Gasteiger partial charge in [0, 0.05) is 35.6 Å². The molecule has 1 aliphatic carbocycles. The van der Waals surface area contributed by atoms with E-state index >= 15 is 0 Å². The average molecular weight is 374 g/mol. The van der Waals surface area contributed by atoms with Crippen molar-refractivity contribution in [3.05, 3.63) is 71.9 Å². The average Bonchev–Trinajstić information content (AvgIpc) is 3.19. The molecule has 1 aliphatic heterocycles. The summed E-state index contributed by atoms with van der Waals surface area (Å²) in [6.07, 6.45) is 6.59. The van der Waals surface area contributed by atoms with Crippen LogP contribution in [0.3, 0.4) is 0 Å². The highest BCUT2D eigenvalue weighted by Gasteiger charge is 2.50. The maximum absolute atomic E-state index is 13.5. The van der Waals surface area contributed by atoms with Gasteiger partial charge < -0.3 is 15.0 Å². The number of carbonyl (C=O) groups is 1. The number of aromatic amines is 1. The number of aliphatic hydroxyl groups is 1. The normalized spacial score (nSPS) is 27.5. The molecule has 1 amide bonds. The van der Waals surface area contributed by atoms with Crippen LogP contribution in [0.25, 0.3) is 10.9 Å². The summed E-state index contributed by atoms with van der Waals surface area (Å²) in [6.45, 7) is 0.588. The molecular formula is C24H26N2O2. The lowest BCUT2D eigenvalue weighted by atomic mass is 9.66. The molecule has 0 spiro atoms. The molecule has 1 aromatic heterocycles. The fourth-order valence-corrected chi connectivity index (χ4v) is 5.42. The van der Waals surface area contributed by atoms with Crippen LogP contribution in [0.15, 0.2) is 60.8 Å². The van der Waals surface area contributed by atoms with Crippen LogP contribution in [-0.4, -0.2) is 33.5 Å². The molecule has 1 saturated carbocycles. The van der Waals surface area contributed by atoms with E-state index in [2.05, 4.69) is 4.98 Å². The number of piperidine rings is 1. The van der Waals surface area contributed by atoms with E-state index in [0.29, 0.717) is 13.0 Å². The van der Waals surface area contributed by atoms with Crippen molar-refractivity contribution in [3.8, 4) is 0 Å². The van der Waals surface area contributed by atoms with Gasteiger partial charge in [-0.3, -0.25) is 4.79 Å². The minimum atomic E-state index is -0.844. The van der Waals surface area contributed by atoms with E-state index in [9.17, 15) is 9.90 Å². The number of H-pyrrole nitrogens is 1. The molecule has 2 aromatic carbocycles. The van der Waals surface area contributed by atoms with Crippen molar-refractivity contribution >= 4 is 16.8 Å². The van der Waals surface area contributed by atoms with Gasteiger partial charge in [0.1, 0.15) is 0 Å². The van der Waals surface area contributed by atoms with Crippen molar-refractivity contribution in [2.24, 2.45) is 5.92 Å². The van der Waals surface area contributed by atoms with Crippen LogP contribution in [0.2, 0.25) is 0 Å². The molecule has 0 radical (unpaired) electrons. The summed E-state index contributed by atoms with van der Waals surface area (Å²) in [5.74, 6) is 0.177. The van der Waals surface area contributed by atoms with Crippen LogP contribution in [0.4, 0.5) is 0 Å². The predicted octanol–water partition coefficient (Wildman–Crippen LogP) is 4.46. The van der Waals surface area contributed by atoms with Crippen LogP contribution in [0, 0.1) is 5.92 Å². The maximum Gasteiger partial charge on any atom is 0.256 e. The summed E-state index contributed by atoms with van der Waals surface area (Å²) in [7, 11) is 0. The van der Waals surface area contributed by atoms with Crippen molar-refractivity contribution in [1.82, 2.24) is 9.88 Å². The molecule has 28 heavy (non-hydrogen) atoms. The third-order valence-electron chi connectivity index (χ3n) is 6.83. The van der Waals surface area contributed by atoms with Gasteiger partial charge in [0.05, 0.1) is 11.2 Å². The highest BCUT2D eigenvalue weighted by Crippen LogP contribution is 2.47. The molecule has 4 heteroatoms. The number of benzene rings is 2. The van der Waals surface area contributed by atoms with E-state index in [1.54, 1.807) is 0 Å². The molecule has 3 atom stereocenters. The number of aromatic nitrogens is 1. The first-order valence-corrected chi connectivity index (χ1v) is 10.3. The van der Waals surface area contributed by atoms with Crippen LogP contribution >= 0.6 is 0 Å². The van der Waals surface area contributed by atoms with Crippen molar-refractivity contribution in [2.75, 3.05) is 6.54 Å². The fourth-order valence-electron chi connectivity index (χ4n) is 5.42. The van der Waals surface area contributed by atoms with Crippen LogP contribution in [-0.2, 0) is 5.60 Å². The van der Waals surface area contributed by atoms with Gasteiger partial charge in [-0.25, -0.2) is 0 Å². The summed E-state index contributed by atoms with van der Waals surface area (Å²) >= 11 is 0. The Hall–Kier alpha value is -2.59. The third kappa shape index (κ3) is 2.67. The molecule has 3 aromatic rings. The summed E-state index contributed by atoms with van der Waals surface area (Å²) in [4.78, 5) is 18.8. The maximum atomic E-state index is 13.5. The van der Waals surface area contributed by atoms with Crippen molar-refractivity contribution in [1.29, 1.82) is 0 Å². The number of para-hydroxylation sites is 1. The number of carbonyl (C=O) groups excluding carboxylic acids is 1. The van der Waals surface area contributed by atoms with Gasteiger partial charge in [-0.05, 0) is 30.9 Å². The fraction of sp³-hybridized carbons (Fsp3) is 0.375. The Bertz CT molecular complexity index is 996. The molecule has 1 unspecified atom stereocenters. The first-order valence-electron chi connectivity index (χ1n) is 10.3. The van der Waals surface area contributed by atoms with E-state index in [-0.39, 0.29) is 17.9 Å². The van der Waals surface area contributed by atoms with Gasteiger partial charge >= 0.3 is 0 Å². The van der Waals surface area contributed by atoms with Gasteiger partial charge in [-0.2, -0.15) is 0 Å². The lowest BCUT2D eigenvalue weighted by molar-refractivity contribution is -0.110. The summed E-state index contributed by atoms with van der Waals surface area (Å²) in [5, 5.41) is 12.7. The first kappa shape index (κ1) is 17.5. The second kappa shape index (κ2) is 6.78. The molecule has 2 N–H and O–H groups in total. The standard InChI is InChI=1S/C24H26N2O2/c27-23(19-16-25-21-12-6-4-10-18(19)21)26-15-14-24(28,17-8-2-1-3-9-17)20-11-5-7-13-22(20)26/h1-4,6,8-10,12,16,20,22,25,28H,5,7,11,13-15H2/t20-,22+,24?/m0/s1. The van der Waals surface area contributed by atoms with Crippen LogP contribution in [0.1, 0.15) is 48.0 Å². The number of nitrogens with one attached hydrogen (secondary N) is 1. The summed E-state index contributed by atoms with van der Waals surface area (Å²) in [6, 6.07) is 18.1. The van der Waals surface area contributed by atoms with Crippen LogP contribution < -0.4 is 0 Å². The van der Waals surface area contributed by atoms with E-state index in [4.69, 9.17) is 0 Å². The Morgan fingerprint density at radius 2 is 1.79 bits per heavy atom. The molecule has 2 fully saturated rings. The number of hydrogen-bond donors (Lipinski definition) is 2. The molecule has 0 bridgehead atoms.